The second kappa shape index (κ2) is 6.95. The maximum Gasteiger partial charge on any atom is 0.263 e. The third kappa shape index (κ3) is 3.37. The molecule has 24 heavy (non-hydrogen) atoms. The number of carbonyl (C=O) groups is 1. The Morgan fingerprint density at radius 3 is 2.58 bits per heavy atom. The zero-order valence-corrected chi connectivity index (χ0v) is 14.1. The van der Waals surface area contributed by atoms with Crippen molar-refractivity contribution in [3.8, 4) is 5.75 Å². The summed E-state index contributed by atoms with van der Waals surface area (Å²) in [6.07, 6.45) is 1.22. The quantitative estimate of drug-likeness (QED) is 0.932. The molecule has 1 aliphatic heterocycles. The van der Waals surface area contributed by atoms with E-state index in [0.717, 1.165) is 24.1 Å². The predicted molar refractivity (Wildman–Crippen MR) is 90.7 cm³/mol. The van der Waals surface area contributed by atoms with Crippen LogP contribution < -0.4 is 10.5 Å². The van der Waals surface area contributed by atoms with Crippen LogP contribution in [0.1, 0.15) is 36.9 Å². The lowest BCUT2D eigenvalue weighted by Crippen LogP contribution is -2.44. The summed E-state index contributed by atoms with van der Waals surface area (Å²) in [6.45, 7) is 5.11. The maximum absolute atomic E-state index is 12.6. The van der Waals surface area contributed by atoms with Crippen LogP contribution in [0.3, 0.4) is 0 Å². The fourth-order valence-electron chi connectivity index (χ4n) is 3.13. The van der Waals surface area contributed by atoms with Gasteiger partial charge < -0.3 is 19.9 Å². The number of amides is 1. The number of likely N-dealkylation sites (tertiary alicyclic amines) is 1. The van der Waals surface area contributed by atoms with E-state index < -0.39 is 6.10 Å². The summed E-state index contributed by atoms with van der Waals surface area (Å²) < 4.78 is 10.8. The molecular weight excluding hydrogens is 306 g/mol. The fraction of sp³-hybridized carbons (Fsp3) is 0.444. The smallest absolute Gasteiger partial charge is 0.263 e. The lowest BCUT2D eigenvalue weighted by Gasteiger charge is -2.33. The Morgan fingerprint density at radius 2 is 2.00 bits per heavy atom. The molecule has 0 bridgehead atoms. The number of benzene rings is 1. The van der Waals surface area contributed by atoms with Crippen LogP contribution in [-0.4, -0.2) is 35.2 Å². The monoisotopic (exact) mass is 329 g/mol. The minimum absolute atomic E-state index is 0.0219. The topological polar surface area (TPSA) is 81.6 Å². The molecule has 2 aromatic rings. The molecule has 1 aromatic carbocycles. The van der Waals surface area contributed by atoms with Gasteiger partial charge in [0.15, 0.2) is 6.10 Å². The number of hydrogen-bond acceptors (Lipinski definition) is 5. The van der Waals surface area contributed by atoms with Crippen molar-refractivity contribution in [3.05, 3.63) is 41.6 Å². The molecule has 1 aliphatic rings. The Morgan fingerprint density at radius 1 is 1.33 bits per heavy atom. The summed E-state index contributed by atoms with van der Waals surface area (Å²) in [5.41, 5.74) is 7.57. The molecule has 0 saturated carbocycles. The van der Waals surface area contributed by atoms with Crippen molar-refractivity contribution in [2.45, 2.75) is 38.7 Å². The van der Waals surface area contributed by atoms with Crippen molar-refractivity contribution >= 4 is 11.8 Å². The molecular formula is C18H23N3O3. The van der Waals surface area contributed by atoms with Gasteiger partial charge in [-0.1, -0.05) is 23.4 Å². The molecule has 0 radical (unpaired) electrons. The van der Waals surface area contributed by atoms with Crippen molar-refractivity contribution < 1.29 is 14.1 Å². The van der Waals surface area contributed by atoms with Crippen LogP contribution in [0, 0.1) is 6.92 Å². The number of para-hydroxylation sites is 1. The molecule has 2 heterocycles. The lowest BCUT2D eigenvalue weighted by atomic mass is 9.91. The second-order valence-electron chi connectivity index (χ2n) is 6.23. The Labute approximate surface area is 141 Å². The highest BCUT2D eigenvalue weighted by molar-refractivity contribution is 5.81. The number of nitrogens with zero attached hydrogens (tertiary/aromatic N) is 2. The highest BCUT2D eigenvalue weighted by atomic mass is 16.5. The number of nitrogen functional groups attached to an aromatic ring is 1. The molecule has 1 saturated heterocycles. The lowest BCUT2D eigenvalue weighted by molar-refractivity contribution is -0.139. The summed E-state index contributed by atoms with van der Waals surface area (Å²) in [6, 6.07) is 9.41. The highest BCUT2D eigenvalue weighted by Crippen LogP contribution is 2.31. The zero-order valence-electron chi connectivity index (χ0n) is 14.1. The van der Waals surface area contributed by atoms with E-state index >= 15 is 0 Å². The molecule has 1 atom stereocenters. The standard InChI is InChI=1S/C18H23N3O3/c1-12-16(20-24-17(12)19)14-8-10-21(11-9-14)18(22)13(2)23-15-6-4-3-5-7-15/h3-7,13-14H,8-11,19H2,1-2H3/t13-/m1/s1. The Bertz CT molecular complexity index is 691. The van der Waals surface area contributed by atoms with Gasteiger partial charge in [0, 0.05) is 24.6 Å². The van der Waals surface area contributed by atoms with Gasteiger partial charge in [0.2, 0.25) is 5.88 Å². The van der Waals surface area contributed by atoms with Gasteiger partial charge in [0.05, 0.1) is 5.69 Å². The van der Waals surface area contributed by atoms with Crippen LogP contribution in [-0.2, 0) is 4.79 Å². The summed E-state index contributed by atoms with van der Waals surface area (Å²) >= 11 is 0. The first-order valence-electron chi connectivity index (χ1n) is 8.28. The first-order valence-corrected chi connectivity index (χ1v) is 8.28. The van der Waals surface area contributed by atoms with E-state index in [-0.39, 0.29) is 5.91 Å². The van der Waals surface area contributed by atoms with E-state index in [1.807, 2.05) is 42.2 Å². The number of anilines is 1. The predicted octanol–water partition coefficient (Wildman–Crippen LogP) is 2.74. The Kier molecular flexibility index (Phi) is 4.74. The highest BCUT2D eigenvalue weighted by Gasteiger charge is 2.30. The van der Waals surface area contributed by atoms with Crippen molar-refractivity contribution in [1.29, 1.82) is 0 Å². The molecule has 1 fully saturated rings. The number of carbonyl (C=O) groups excluding carboxylic acids is 1. The molecule has 6 nitrogen and oxygen atoms in total. The average molecular weight is 329 g/mol. The van der Waals surface area contributed by atoms with E-state index in [4.69, 9.17) is 15.0 Å². The van der Waals surface area contributed by atoms with Crippen LogP contribution >= 0.6 is 0 Å². The number of hydrogen-bond donors (Lipinski definition) is 1. The van der Waals surface area contributed by atoms with Gasteiger partial charge in [0.25, 0.3) is 5.91 Å². The van der Waals surface area contributed by atoms with Gasteiger partial charge in [-0.15, -0.1) is 0 Å². The molecule has 0 spiro atoms. The number of ether oxygens (including phenoxy) is 1. The van der Waals surface area contributed by atoms with Gasteiger partial charge in [-0.05, 0) is 38.8 Å². The van der Waals surface area contributed by atoms with Crippen molar-refractivity contribution in [1.82, 2.24) is 10.1 Å². The summed E-state index contributed by atoms with van der Waals surface area (Å²) in [5, 5.41) is 4.07. The molecule has 0 unspecified atom stereocenters. The number of rotatable bonds is 4. The molecule has 1 aromatic heterocycles. The average Bonchev–Trinajstić information content (AvgIpc) is 2.94. The van der Waals surface area contributed by atoms with E-state index in [9.17, 15) is 4.79 Å². The fourth-order valence-corrected chi connectivity index (χ4v) is 3.13. The largest absolute Gasteiger partial charge is 0.481 e. The maximum atomic E-state index is 12.6. The van der Waals surface area contributed by atoms with Crippen molar-refractivity contribution in [2.24, 2.45) is 0 Å². The van der Waals surface area contributed by atoms with Crippen LogP contribution in [0.15, 0.2) is 34.9 Å². The number of piperidine rings is 1. The minimum atomic E-state index is -0.492. The van der Waals surface area contributed by atoms with E-state index in [2.05, 4.69) is 5.16 Å². The molecule has 0 aliphatic carbocycles. The number of aromatic nitrogens is 1. The van der Waals surface area contributed by atoms with Gasteiger partial charge in [-0.3, -0.25) is 4.79 Å². The summed E-state index contributed by atoms with van der Waals surface area (Å²) in [7, 11) is 0. The van der Waals surface area contributed by atoms with Gasteiger partial charge in [-0.2, -0.15) is 0 Å². The molecule has 128 valence electrons. The second-order valence-corrected chi connectivity index (χ2v) is 6.23. The molecule has 3 rings (SSSR count). The first kappa shape index (κ1) is 16.4. The third-order valence-electron chi connectivity index (χ3n) is 4.59. The third-order valence-corrected chi connectivity index (χ3v) is 4.59. The minimum Gasteiger partial charge on any atom is -0.481 e. The molecule has 2 N–H and O–H groups in total. The summed E-state index contributed by atoms with van der Waals surface area (Å²) in [4.78, 5) is 14.4. The van der Waals surface area contributed by atoms with Crippen LogP contribution in [0.5, 0.6) is 5.75 Å². The molecule has 1 amide bonds. The summed E-state index contributed by atoms with van der Waals surface area (Å²) in [5.74, 6) is 1.41. The van der Waals surface area contributed by atoms with E-state index in [1.165, 1.54) is 0 Å². The van der Waals surface area contributed by atoms with Crippen LogP contribution in [0.2, 0.25) is 0 Å². The van der Waals surface area contributed by atoms with E-state index in [0.29, 0.717) is 30.6 Å². The molecule has 6 heteroatoms. The van der Waals surface area contributed by atoms with Gasteiger partial charge in [-0.25, -0.2) is 0 Å². The van der Waals surface area contributed by atoms with Crippen LogP contribution in [0.4, 0.5) is 5.88 Å². The number of nitrogens with two attached hydrogens (primary N) is 1. The van der Waals surface area contributed by atoms with Gasteiger partial charge in [0.1, 0.15) is 5.75 Å². The Hall–Kier alpha value is -2.50. The Balaban J connectivity index is 1.56. The normalized spacial score (nSPS) is 16.8. The SMILES string of the molecule is Cc1c(C2CCN(C(=O)[C@@H](C)Oc3ccccc3)CC2)noc1N. The van der Waals surface area contributed by atoms with Crippen molar-refractivity contribution in [2.75, 3.05) is 18.8 Å². The van der Waals surface area contributed by atoms with Crippen LogP contribution in [0.25, 0.3) is 0 Å². The first-order chi connectivity index (χ1) is 11.6. The van der Waals surface area contributed by atoms with E-state index in [1.54, 1.807) is 6.92 Å². The van der Waals surface area contributed by atoms with Gasteiger partial charge >= 0.3 is 0 Å². The zero-order chi connectivity index (χ0) is 17.1. The van der Waals surface area contributed by atoms with Crippen molar-refractivity contribution in [3.63, 3.8) is 0 Å².